The maximum atomic E-state index is 5.17. The Kier molecular flexibility index (Phi) is 3.13. The van der Waals surface area contributed by atoms with E-state index in [0.29, 0.717) is 0 Å². The van der Waals surface area contributed by atoms with Crippen LogP contribution in [-0.4, -0.2) is 7.11 Å². The van der Waals surface area contributed by atoms with Crippen LogP contribution in [0.3, 0.4) is 0 Å². The molecule has 1 nitrogen and oxygen atoms in total. The van der Waals surface area contributed by atoms with E-state index in [4.69, 9.17) is 4.74 Å². The van der Waals surface area contributed by atoms with E-state index in [0.717, 1.165) is 11.3 Å². The predicted molar refractivity (Wildman–Crippen MR) is 56.0 cm³/mol. The van der Waals surface area contributed by atoms with Gasteiger partial charge in [0, 0.05) is 5.92 Å². The molecule has 0 saturated carbocycles. The fraction of sp³-hybridized carbons (Fsp3) is 0.250. The Balaban J connectivity index is 3.07. The summed E-state index contributed by atoms with van der Waals surface area (Å²) in [5.41, 5.74) is 2.33. The van der Waals surface area contributed by atoms with Crippen molar-refractivity contribution in [2.24, 2.45) is 0 Å². The molecule has 0 N–H and O–H groups in total. The number of aryl methyl sites for hydroxylation is 1. The van der Waals surface area contributed by atoms with Crippen LogP contribution in [0.2, 0.25) is 0 Å². The second-order valence-corrected chi connectivity index (χ2v) is 3.13. The van der Waals surface area contributed by atoms with Crippen LogP contribution in [0.1, 0.15) is 17.0 Å². The number of ether oxygens (including phenoxy) is 1. The molecule has 0 aromatic heterocycles. The van der Waals surface area contributed by atoms with E-state index in [1.165, 1.54) is 5.56 Å². The molecule has 13 heavy (non-hydrogen) atoms. The molecule has 69 valence electrons. The van der Waals surface area contributed by atoms with Gasteiger partial charge in [-0.1, -0.05) is 12.1 Å². The van der Waals surface area contributed by atoms with Crippen molar-refractivity contribution in [2.75, 3.05) is 7.11 Å². The van der Waals surface area contributed by atoms with E-state index in [1.807, 2.05) is 25.1 Å². The molecule has 0 saturated heterocycles. The number of benzene rings is 1. The number of methoxy groups -OCH3 is 1. The Hall–Kier alpha value is -1.24. The summed E-state index contributed by atoms with van der Waals surface area (Å²) in [7, 11) is 1.67. The van der Waals surface area contributed by atoms with Crippen LogP contribution < -0.4 is 4.74 Å². The van der Waals surface area contributed by atoms with Crippen molar-refractivity contribution >= 4 is 0 Å². The highest BCUT2D eigenvalue weighted by Gasteiger charge is 2.03. The molecule has 1 radical (unpaired) electrons. The van der Waals surface area contributed by atoms with Crippen LogP contribution in [-0.2, 0) is 0 Å². The fourth-order valence-electron chi connectivity index (χ4n) is 1.24. The van der Waals surface area contributed by atoms with E-state index < -0.39 is 0 Å². The second-order valence-electron chi connectivity index (χ2n) is 3.13. The molecule has 1 atom stereocenters. The van der Waals surface area contributed by atoms with Crippen molar-refractivity contribution in [3.05, 3.63) is 48.9 Å². The van der Waals surface area contributed by atoms with E-state index in [9.17, 15) is 0 Å². The summed E-state index contributed by atoms with van der Waals surface area (Å²) in [6, 6.07) is 6.09. The maximum Gasteiger partial charge on any atom is 0.119 e. The third-order valence-corrected chi connectivity index (χ3v) is 2.02. The molecule has 0 heterocycles. The third-order valence-electron chi connectivity index (χ3n) is 2.02. The summed E-state index contributed by atoms with van der Waals surface area (Å²) in [5, 5.41) is 0. The van der Waals surface area contributed by atoms with Crippen molar-refractivity contribution in [3.63, 3.8) is 0 Å². The number of hydrogen-bond acceptors (Lipinski definition) is 1. The zero-order valence-corrected chi connectivity index (χ0v) is 8.21. The van der Waals surface area contributed by atoms with Gasteiger partial charge in [0.15, 0.2) is 0 Å². The summed E-state index contributed by atoms with van der Waals surface area (Å²) < 4.78 is 5.17. The molecule has 0 bridgehead atoms. The minimum atomic E-state index is 0.133. The molecule has 0 fully saturated rings. The average Bonchev–Trinajstić information content (AvgIpc) is 2.15. The summed E-state index contributed by atoms with van der Waals surface area (Å²) in [6.45, 7) is 9.73. The number of rotatable bonds is 3. The molecule has 1 aromatic rings. The molecular weight excluding hydrogens is 160 g/mol. The van der Waals surface area contributed by atoms with Crippen molar-refractivity contribution in [2.45, 2.75) is 12.8 Å². The minimum absolute atomic E-state index is 0.133. The van der Waals surface area contributed by atoms with E-state index in [2.05, 4.69) is 19.6 Å². The van der Waals surface area contributed by atoms with Gasteiger partial charge in [0.2, 0.25) is 0 Å². The van der Waals surface area contributed by atoms with Crippen molar-refractivity contribution in [3.8, 4) is 5.75 Å². The van der Waals surface area contributed by atoms with Gasteiger partial charge in [-0.05, 0) is 37.1 Å². The molecule has 1 rings (SSSR count). The molecule has 0 aliphatic heterocycles. The van der Waals surface area contributed by atoms with Gasteiger partial charge >= 0.3 is 0 Å². The first kappa shape index (κ1) is 9.85. The van der Waals surface area contributed by atoms with Crippen molar-refractivity contribution < 1.29 is 4.74 Å². The first-order chi connectivity index (χ1) is 6.17. The first-order valence-corrected chi connectivity index (χ1v) is 4.28. The van der Waals surface area contributed by atoms with Crippen molar-refractivity contribution in [1.29, 1.82) is 0 Å². The van der Waals surface area contributed by atoms with E-state index >= 15 is 0 Å². The minimum Gasteiger partial charge on any atom is -0.497 e. The summed E-state index contributed by atoms with van der Waals surface area (Å²) in [5.74, 6) is 1.01. The molecule has 0 aliphatic carbocycles. The van der Waals surface area contributed by atoms with Gasteiger partial charge in [0.25, 0.3) is 0 Å². The van der Waals surface area contributed by atoms with E-state index in [1.54, 1.807) is 7.11 Å². The van der Waals surface area contributed by atoms with Crippen molar-refractivity contribution in [1.82, 2.24) is 0 Å². The van der Waals surface area contributed by atoms with Crippen LogP contribution in [0.4, 0.5) is 0 Å². The van der Waals surface area contributed by atoms with Gasteiger partial charge in [-0.3, -0.25) is 0 Å². The summed E-state index contributed by atoms with van der Waals surface area (Å²) >= 11 is 0. The fourth-order valence-corrected chi connectivity index (χ4v) is 1.24. The monoisotopic (exact) mass is 175 g/mol. The molecule has 1 aromatic carbocycles. The SMILES string of the molecule is [CH2]C(C=C)c1cc(C)cc(OC)c1. The highest BCUT2D eigenvalue weighted by atomic mass is 16.5. The lowest BCUT2D eigenvalue weighted by atomic mass is 9.99. The number of hydrogen-bond donors (Lipinski definition) is 0. The Morgan fingerprint density at radius 3 is 2.62 bits per heavy atom. The van der Waals surface area contributed by atoms with Gasteiger partial charge in [-0.25, -0.2) is 0 Å². The zero-order chi connectivity index (χ0) is 9.84. The Morgan fingerprint density at radius 1 is 1.38 bits per heavy atom. The largest absolute Gasteiger partial charge is 0.497 e. The van der Waals surface area contributed by atoms with Gasteiger partial charge in [0.1, 0.15) is 5.75 Å². The van der Waals surface area contributed by atoms with E-state index in [-0.39, 0.29) is 5.92 Å². The van der Waals surface area contributed by atoms with Gasteiger partial charge in [0.05, 0.1) is 7.11 Å². The highest BCUT2D eigenvalue weighted by Crippen LogP contribution is 2.22. The lowest BCUT2D eigenvalue weighted by molar-refractivity contribution is 0.414. The average molecular weight is 175 g/mol. The topological polar surface area (TPSA) is 9.23 Å². The molecule has 1 unspecified atom stereocenters. The predicted octanol–water partition coefficient (Wildman–Crippen LogP) is 3.11. The zero-order valence-electron chi connectivity index (χ0n) is 8.21. The van der Waals surface area contributed by atoms with Crippen LogP contribution in [0.5, 0.6) is 5.75 Å². The second kappa shape index (κ2) is 4.13. The molecule has 1 heteroatoms. The smallest absolute Gasteiger partial charge is 0.119 e. The summed E-state index contributed by atoms with van der Waals surface area (Å²) in [6.07, 6.45) is 1.83. The molecule has 0 aliphatic rings. The lowest BCUT2D eigenvalue weighted by Gasteiger charge is -2.09. The highest BCUT2D eigenvalue weighted by molar-refractivity contribution is 5.37. The Bertz CT molecular complexity index is 302. The Labute approximate surface area is 80.0 Å². The van der Waals surface area contributed by atoms with Crippen LogP contribution in [0, 0.1) is 13.8 Å². The maximum absolute atomic E-state index is 5.17. The standard InChI is InChI=1S/C12H15O/c1-5-10(3)11-6-9(2)7-12(8-11)13-4/h5-8,10H,1,3H2,2,4H3. The molecule has 0 spiro atoms. The summed E-state index contributed by atoms with van der Waals surface area (Å²) in [4.78, 5) is 0. The lowest BCUT2D eigenvalue weighted by Crippen LogP contribution is -1.92. The van der Waals surface area contributed by atoms with Crippen LogP contribution in [0.15, 0.2) is 30.9 Å². The van der Waals surface area contributed by atoms with Crippen LogP contribution >= 0.6 is 0 Å². The third kappa shape index (κ3) is 2.35. The van der Waals surface area contributed by atoms with Gasteiger partial charge < -0.3 is 4.74 Å². The van der Waals surface area contributed by atoms with Gasteiger partial charge in [-0.2, -0.15) is 0 Å². The number of allylic oxidation sites excluding steroid dienone is 1. The Morgan fingerprint density at radius 2 is 2.08 bits per heavy atom. The van der Waals surface area contributed by atoms with Crippen LogP contribution in [0.25, 0.3) is 0 Å². The van der Waals surface area contributed by atoms with Gasteiger partial charge in [-0.15, -0.1) is 6.58 Å². The quantitative estimate of drug-likeness (QED) is 0.641. The molecular formula is C12H15O. The normalized spacial score (nSPS) is 12.2. The molecule has 0 amide bonds. The first-order valence-electron chi connectivity index (χ1n) is 4.28.